The highest BCUT2D eigenvalue weighted by molar-refractivity contribution is 5.57. The number of benzene rings is 1. The molecule has 2 aliphatic rings. The van der Waals surface area contributed by atoms with Crippen LogP contribution in [-0.2, 0) is 10.2 Å². The van der Waals surface area contributed by atoms with Gasteiger partial charge in [-0.2, -0.15) is 0 Å². The summed E-state index contributed by atoms with van der Waals surface area (Å²) in [6.07, 6.45) is 2.57. The minimum Gasteiger partial charge on any atom is -0.362 e. The van der Waals surface area contributed by atoms with Crippen molar-refractivity contribution in [3.8, 4) is 0 Å². The van der Waals surface area contributed by atoms with E-state index in [1.807, 2.05) is 0 Å². The van der Waals surface area contributed by atoms with Crippen molar-refractivity contribution in [2.75, 3.05) is 18.7 Å². The average Bonchev–Trinajstić information content (AvgIpc) is 2.96. The van der Waals surface area contributed by atoms with Crippen LogP contribution in [-0.4, -0.2) is 13.3 Å². The van der Waals surface area contributed by atoms with Crippen LogP contribution in [0, 0.1) is 0 Å². The SMILES string of the molecule is c1ccc2c(c1)NCOCC21CC1. The zero-order valence-corrected chi connectivity index (χ0v) is 7.55. The lowest BCUT2D eigenvalue weighted by Gasteiger charge is -2.13. The first kappa shape index (κ1) is 7.39. The first-order valence-electron chi connectivity index (χ1n) is 4.82. The Morgan fingerprint density at radius 2 is 2.08 bits per heavy atom. The van der Waals surface area contributed by atoms with Gasteiger partial charge in [0, 0.05) is 11.1 Å². The molecule has 0 bridgehead atoms. The molecular formula is C11H13NO. The molecule has 0 aromatic heterocycles. The number of hydrogen-bond donors (Lipinski definition) is 1. The summed E-state index contributed by atoms with van der Waals surface area (Å²) in [6, 6.07) is 8.56. The van der Waals surface area contributed by atoms with Crippen LogP contribution < -0.4 is 5.32 Å². The van der Waals surface area contributed by atoms with Crippen LogP contribution in [0.1, 0.15) is 18.4 Å². The summed E-state index contributed by atoms with van der Waals surface area (Å²) < 4.78 is 5.54. The van der Waals surface area contributed by atoms with Crippen LogP contribution in [0.25, 0.3) is 0 Å². The van der Waals surface area contributed by atoms with Crippen LogP contribution in [0.15, 0.2) is 24.3 Å². The van der Waals surface area contributed by atoms with Gasteiger partial charge in [0.1, 0.15) is 6.73 Å². The first-order valence-corrected chi connectivity index (χ1v) is 4.82. The Morgan fingerprint density at radius 3 is 2.92 bits per heavy atom. The maximum Gasteiger partial charge on any atom is 0.116 e. The molecule has 1 fully saturated rings. The monoisotopic (exact) mass is 175 g/mol. The molecule has 2 nitrogen and oxygen atoms in total. The van der Waals surface area contributed by atoms with Gasteiger partial charge in [0.2, 0.25) is 0 Å². The van der Waals surface area contributed by atoms with Crippen molar-refractivity contribution in [2.45, 2.75) is 18.3 Å². The van der Waals surface area contributed by atoms with Gasteiger partial charge >= 0.3 is 0 Å². The minimum atomic E-state index is 0.361. The van der Waals surface area contributed by atoms with E-state index in [0.29, 0.717) is 12.1 Å². The van der Waals surface area contributed by atoms with Gasteiger partial charge in [0.05, 0.1) is 6.61 Å². The fraction of sp³-hybridized carbons (Fsp3) is 0.455. The van der Waals surface area contributed by atoms with Gasteiger partial charge in [0.25, 0.3) is 0 Å². The molecule has 0 unspecified atom stereocenters. The van der Waals surface area contributed by atoms with E-state index in [2.05, 4.69) is 29.6 Å². The molecule has 1 aliphatic carbocycles. The highest BCUT2D eigenvalue weighted by Gasteiger charge is 2.46. The molecule has 2 heteroatoms. The predicted molar refractivity (Wildman–Crippen MR) is 51.8 cm³/mol. The zero-order valence-electron chi connectivity index (χ0n) is 7.55. The van der Waals surface area contributed by atoms with Gasteiger partial charge in [-0.15, -0.1) is 0 Å². The largest absolute Gasteiger partial charge is 0.362 e. The number of ether oxygens (including phenoxy) is 1. The molecule has 1 aromatic carbocycles. The summed E-state index contributed by atoms with van der Waals surface area (Å²) in [4.78, 5) is 0. The van der Waals surface area contributed by atoms with E-state index in [-0.39, 0.29) is 0 Å². The summed E-state index contributed by atoms with van der Waals surface area (Å²) in [6.45, 7) is 1.54. The standard InChI is InChI=1S/C11H13NO/c1-2-4-10-9(3-1)11(5-6-11)7-13-8-12-10/h1-4,12H,5-8H2. The van der Waals surface area contributed by atoms with E-state index in [1.54, 1.807) is 0 Å². The van der Waals surface area contributed by atoms with Gasteiger partial charge in [-0.05, 0) is 24.5 Å². The highest BCUT2D eigenvalue weighted by atomic mass is 16.5. The van der Waals surface area contributed by atoms with Crippen molar-refractivity contribution in [3.63, 3.8) is 0 Å². The molecule has 0 atom stereocenters. The lowest BCUT2D eigenvalue weighted by molar-refractivity contribution is 0.135. The number of para-hydroxylation sites is 1. The summed E-state index contributed by atoms with van der Waals surface area (Å²) in [5.74, 6) is 0. The molecule has 68 valence electrons. The third-order valence-corrected chi connectivity index (χ3v) is 3.10. The third-order valence-electron chi connectivity index (χ3n) is 3.10. The molecule has 0 saturated heterocycles. The molecule has 13 heavy (non-hydrogen) atoms. The second-order valence-corrected chi connectivity index (χ2v) is 4.00. The summed E-state index contributed by atoms with van der Waals surface area (Å²) >= 11 is 0. The molecule has 3 rings (SSSR count). The van der Waals surface area contributed by atoms with E-state index >= 15 is 0 Å². The van der Waals surface area contributed by atoms with Gasteiger partial charge in [-0.1, -0.05) is 18.2 Å². The van der Waals surface area contributed by atoms with E-state index in [9.17, 15) is 0 Å². The summed E-state index contributed by atoms with van der Waals surface area (Å²) in [7, 11) is 0. The lowest BCUT2D eigenvalue weighted by Crippen LogP contribution is -2.12. The molecule has 1 N–H and O–H groups in total. The van der Waals surface area contributed by atoms with Crippen LogP contribution in [0.2, 0.25) is 0 Å². The lowest BCUT2D eigenvalue weighted by atomic mass is 9.95. The smallest absolute Gasteiger partial charge is 0.116 e. The molecule has 1 aliphatic heterocycles. The predicted octanol–water partition coefficient (Wildman–Crippen LogP) is 2.12. The Morgan fingerprint density at radius 1 is 1.23 bits per heavy atom. The average molecular weight is 175 g/mol. The third kappa shape index (κ3) is 1.05. The zero-order chi connectivity index (χ0) is 8.73. The molecule has 0 radical (unpaired) electrons. The first-order chi connectivity index (χ1) is 6.41. The molecule has 1 saturated carbocycles. The Balaban J connectivity index is 2.11. The van der Waals surface area contributed by atoms with Crippen molar-refractivity contribution in [3.05, 3.63) is 29.8 Å². The summed E-state index contributed by atoms with van der Waals surface area (Å²) in [5, 5.41) is 3.30. The van der Waals surface area contributed by atoms with Crippen molar-refractivity contribution >= 4 is 5.69 Å². The molecule has 1 heterocycles. The number of nitrogens with one attached hydrogen (secondary N) is 1. The molecular weight excluding hydrogens is 162 g/mol. The topological polar surface area (TPSA) is 21.3 Å². The van der Waals surface area contributed by atoms with Crippen LogP contribution >= 0.6 is 0 Å². The molecule has 1 spiro atoms. The van der Waals surface area contributed by atoms with Crippen molar-refractivity contribution in [2.24, 2.45) is 0 Å². The Bertz CT molecular complexity index is 331. The quantitative estimate of drug-likeness (QED) is 0.652. The van der Waals surface area contributed by atoms with Crippen molar-refractivity contribution < 1.29 is 4.74 Å². The maximum atomic E-state index is 5.54. The van der Waals surface area contributed by atoms with Gasteiger partial charge in [-0.3, -0.25) is 0 Å². The van der Waals surface area contributed by atoms with Crippen molar-refractivity contribution in [1.82, 2.24) is 0 Å². The van der Waals surface area contributed by atoms with E-state index in [1.165, 1.54) is 24.1 Å². The fourth-order valence-corrected chi connectivity index (χ4v) is 2.12. The van der Waals surface area contributed by atoms with E-state index < -0.39 is 0 Å². The van der Waals surface area contributed by atoms with Crippen molar-refractivity contribution in [1.29, 1.82) is 0 Å². The number of fused-ring (bicyclic) bond motifs is 2. The van der Waals surface area contributed by atoms with E-state index in [0.717, 1.165) is 6.61 Å². The summed E-state index contributed by atoms with van der Waals surface area (Å²) in [5.41, 5.74) is 3.07. The van der Waals surface area contributed by atoms with Crippen LogP contribution in [0.3, 0.4) is 0 Å². The minimum absolute atomic E-state index is 0.361. The Labute approximate surface area is 77.9 Å². The van der Waals surface area contributed by atoms with Gasteiger partial charge in [-0.25, -0.2) is 0 Å². The Hall–Kier alpha value is -1.02. The van der Waals surface area contributed by atoms with Gasteiger partial charge < -0.3 is 10.1 Å². The maximum absolute atomic E-state index is 5.54. The normalized spacial score (nSPS) is 23.1. The molecule has 0 amide bonds. The van der Waals surface area contributed by atoms with Crippen LogP contribution in [0.4, 0.5) is 5.69 Å². The second kappa shape index (κ2) is 2.48. The fourth-order valence-electron chi connectivity index (χ4n) is 2.12. The van der Waals surface area contributed by atoms with E-state index in [4.69, 9.17) is 4.74 Å². The van der Waals surface area contributed by atoms with Gasteiger partial charge in [0.15, 0.2) is 0 Å². The number of hydrogen-bond acceptors (Lipinski definition) is 2. The Kier molecular flexibility index (Phi) is 1.41. The number of anilines is 1. The number of rotatable bonds is 0. The highest BCUT2D eigenvalue weighted by Crippen LogP contribution is 2.51. The molecule has 1 aromatic rings. The van der Waals surface area contributed by atoms with Crippen LogP contribution in [0.5, 0.6) is 0 Å². The second-order valence-electron chi connectivity index (χ2n) is 4.00.